The predicted molar refractivity (Wildman–Crippen MR) is 130 cm³/mol. The number of nitrogens with one attached hydrogen (secondary N) is 3. The fourth-order valence-corrected chi connectivity index (χ4v) is 3.89. The molecule has 0 atom stereocenters. The quantitative estimate of drug-likeness (QED) is 0.424. The van der Waals surface area contributed by atoms with E-state index in [4.69, 9.17) is 4.74 Å². The summed E-state index contributed by atoms with van der Waals surface area (Å²) in [7, 11) is 3.78. The number of hydrogen-bond donors (Lipinski definition) is 3. The predicted octanol–water partition coefficient (Wildman–Crippen LogP) is 4.21. The van der Waals surface area contributed by atoms with Crippen LogP contribution < -0.4 is 20.3 Å². The Morgan fingerprint density at radius 2 is 1.72 bits per heavy atom. The molecule has 0 radical (unpaired) electrons. The fraction of sp³-hybridized carbons (Fsp3) is 0.250. The van der Waals surface area contributed by atoms with Gasteiger partial charge in [-0.15, -0.1) is 0 Å². The summed E-state index contributed by atoms with van der Waals surface area (Å²) >= 11 is 0. The first-order valence-electron chi connectivity index (χ1n) is 10.7. The second-order valence-electron chi connectivity index (χ2n) is 7.98. The Bertz CT molecular complexity index is 1200. The normalized spacial score (nSPS) is 14.5. The molecule has 2 aromatic heterocycles. The minimum absolute atomic E-state index is 0.503. The van der Waals surface area contributed by atoms with Crippen molar-refractivity contribution < 1.29 is 4.74 Å². The lowest BCUT2D eigenvalue weighted by molar-refractivity contribution is 0.313. The molecule has 0 spiro atoms. The van der Waals surface area contributed by atoms with E-state index in [0.29, 0.717) is 17.5 Å². The summed E-state index contributed by atoms with van der Waals surface area (Å²) in [5, 5.41) is 7.77. The maximum Gasteiger partial charge on any atom is 0.229 e. The van der Waals surface area contributed by atoms with Crippen molar-refractivity contribution >= 4 is 39.7 Å². The number of aromatic amines is 1. The number of rotatable bonds is 6. The molecule has 0 unspecified atom stereocenters. The fourth-order valence-electron chi connectivity index (χ4n) is 3.89. The zero-order chi connectivity index (χ0) is 21.9. The van der Waals surface area contributed by atoms with Gasteiger partial charge in [-0.2, -0.15) is 4.98 Å². The zero-order valence-corrected chi connectivity index (χ0v) is 18.3. The molecule has 32 heavy (non-hydrogen) atoms. The molecule has 0 amide bonds. The summed E-state index contributed by atoms with van der Waals surface area (Å²) in [5.74, 6) is 1.69. The number of anilines is 5. The van der Waals surface area contributed by atoms with E-state index in [1.807, 2.05) is 24.4 Å². The summed E-state index contributed by atoms with van der Waals surface area (Å²) in [6.45, 7) is 4.28. The lowest BCUT2D eigenvalue weighted by Crippen LogP contribution is -2.44. The Labute approximate surface area is 187 Å². The van der Waals surface area contributed by atoms with Gasteiger partial charge in [0.25, 0.3) is 0 Å². The number of H-pyrrole nitrogens is 1. The molecular weight excluding hydrogens is 402 g/mol. The minimum atomic E-state index is 0.503. The molecule has 3 N–H and O–H groups in total. The van der Waals surface area contributed by atoms with Crippen molar-refractivity contribution in [3.05, 3.63) is 60.9 Å². The van der Waals surface area contributed by atoms with Crippen LogP contribution in [-0.4, -0.2) is 60.2 Å². The van der Waals surface area contributed by atoms with Crippen molar-refractivity contribution in [3.63, 3.8) is 0 Å². The highest BCUT2D eigenvalue weighted by Crippen LogP contribution is 2.28. The van der Waals surface area contributed by atoms with Crippen molar-refractivity contribution in [3.8, 4) is 5.75 Å². The van der Waals surface area contributed by atoms with Gasteiger partial charge in [-0.25, -0.2) is 4.98 Å². The van der Waals surface area contributed by atoms with Crippen LogP contribution in [0.25, 0.3) is 10.9 Å². The van der Waals surface area contributed by atoms with Gasteiger partial charge in [-0.1, -0.05) is 0 Å². The number of piperazine rings is 1. The smallest absolute Gasteiger partial charge is 0.229 e. The summed E-state index contributed by atoms with van der Waals surface area (Å²) in [6.07, 6.45) is 3.60. The van der Waals surface area contributed by atoms with E-state index in [1.54, 1.807) is 13.3 Å². The van der Waals surface area contributed by atoms with Gasteiger partial charge < -0.3 is 30.2 Å². The Morgan fingerprint density at radius 3 is 2.50 bits per heavy atom. The topological polar surface area (TPSA) is 81.3 Å². The molecule has 3 heterocycles. The van der Waals surface area contributed by atoms with Crippen molar-refractivity contribution in [2.45, 2.75) is 0 Å². The van der Waals surface area contributed by atoms with E-state index in [-0.39, 0.29) is 0 Å². The van der Waals surface area contributed by atoms with Gasteiger partial charge in [0.1, 0.15) is 0 Å². The minimum Gasteiger partial charge on any atom is -0.491 e. The molecule has 2 aromatic carbocycles. The van der Waals surface area contributed by atoms with Gasteiger partial charge in [0.05, 0.1) is 13.3 Å². The van der Waals surface area contributed by atoms with Gasteiger partial charge >= 0.3 is 0 Å². The molecule has 164 valence electrons. The third-order valence-electron chi connectivity index (χ3n) is 5.78. The molecule has 1 fully saturated rings. The van der Waals surface area contributed by atoms with Gasteiger partial charge in [0.15, 0.2) is 11.6 Å². The number of hydrogen-bond acceptors (Lipinski definition) is 7. The van der Waals surface area contributed by atoms with Crippen molar-refractivity contribution in [1.82, 2.24) is 19.9 Å². The maximum absolute atomic E-state index is 5.46. The van der Waals surface area contributed by atoms with Crippen LogP contribution in [0.2, 0.25) is 0 Å². The van der Waals surface area contributed by atoms with Gasteiger partial charge in [-0.3, -0.25) is 0 Å². The molecule has 8 nitrogen and oxygen atoms in total. The van der Waals surface area contributed by atoms with Crippen molar-refractivity contribution in [1.29, 1.82) is 0 Å². The van der Waals surface area contributed by atoms with Crippen LogP contribution in [0.1, 0.15) is 0 Å². The highest BCUT2D eigenvalue weighted by atomic mass is 16.5. The Hall–Kier alpha value is -3.78. The molecule has 0 aliphatic carbocycles. The molecule has 8 heteroatoms. The monoisotopic (exact) mass is 429 g/mol. The van der Waals surface area contributed by atoms with Crippen LogP contribution >= 0.6 is 0 Å². The molecular formula is C24H27N7O. The first-order valence-corrected chi connectivity index (χ1v) is 10.7. The first-order chi connectivity index (χ1) is 15.7. The molecule has 1 aliphatic rings. The Kier molecular flexibility index (Phi) is 5.51. The summed E-state index contributed by atoms with van der Waals surface area (Å²) in [6, 6.07) is 16.6. The van der Waals surface area contributed by atoms with E-state index in [9.17, 15) is 0 Å². The second-order valence-corrected chi connectivity index (χ2v) is 7.98. The lowest BCUT2D eigenvalue weighted by Gasteiger charge is -2.34. The number of methoxy groups -OCH3 is 1. The van der Waals surface area contributed by atoms with Crippen LogP contribution in [0.3, 0.4) is 0 Å². The Morgan fingerprint density at radius 1 is 0.938 bits per heavy atom. The summed E-state index contributed by atoms with van der Waals surface area (Å²) < 4.78 is 5.46. The standard InChI is InChI=1S/C24H27N7O/c1-30-11-13-31(14-12-30)20-6-3-18(4-7-20)28-24-26-16-22(32-2)23(29-24)27-19-5-8-21-17(15-19)9-10-25-21/h3-10,15-16,25H,11-14H2,1-2H3,(H2,26,27,28,29). The average molecular weight is 430 g/mol. The maximum atomic E-state index is 5.46. The lowest BCUT2D eigenvalue weighted by atomic mass is 10.2. The molecule has 4 aromatic rings. The van der Waals surface area contributed by atoms with Crippen LogP contribution in [0.5, 0.6) is 5.75 Å². The Balaban J connectivity index is 1.31. The van der Waals surface area contributed by atoms with E-state index >= 15 is 0 Å². The first kappa shape index (κ1) is 20.1. The van der Waals surface area contributed by atoms with Crippen molar-refractivity contribution in [2.75, 3.05) is 55.9 Å². The molecule has 0 saturated carbocycles. The van der Waals surface area contributed by atoms with Crippen LogP contribution in [0.4, 0.5) is 28.8 Å². The largest absolute Gasteiger partial charge is 0.491 e. The summed E-state index contributed by atoms with van der Waals surface area (Å²) in [4.78, 5) is 17.0. The third kappa shape index (κ3) is 4.31. The number of fused-ring (bicyclic) bond motifs is 1. The van der Waals surface area contributed by atoms with E-state index < -0.39 is 0 Å². The number of nitrogens with zero attached hydrogens (tertiary/aromatic N) is 4. The summed E-state index contributed by atoms with van der Waals surface area (Å²) in [5.41, 5.74) is 4.19. The van der Waals surface area contributed by atoms with Crippen molar-refractivity contribution in [2.24, 2.45) is 0 Å². The second kappa shape index (κ2) is 8.76. The average Bonchev–Trinajstić information content (AvgIpc) is 3.28. The highest BCUT2D eigenvalue weighted by molar-refractivity contribution is 5.84. The molecule has 5 rings (SSSR count). The van der Waals surface area contributed by atoms with Gasteiger partial charge in [0.2, 0.25) is 5.95 Å². The van der Waals surface area contributed by atoms with Crippen LogP contribution in [-0.2, 0) is 0 Å². The van der Waals surface area contributed by atoms with E-state index in [0.717, 1.165) is 48.5 Å². The third-order valence-corrected chi connectivity index (χ3v) is 5.78. The molecule has 0 bridgehead atoms. The SMILES string of the molecule is COc1cnc(Nc2ccc(N3CCN(C)CC3)cc2)nc1Nc1ccc2[nH]ccc2c1. The van der Waals surface area contributed by atoms with E-state index in [1.165, 1.54) is 5.69 Å². The van der Waals surface area contributed by atoms with Crippen LogP contribution in [0.15, 0.2) is 60.9 Å². The zero-order valence-electron chi connectivity index (χ0n) is 18.3. The molecule has 1 aliphatic heterocycles. The van der Waals surface area contributed by atoms with Gasteiger partial charge in [-0.05, 0) is 55.6 Å². The van der Waals surface area contributed by atoms with Gasteiger partial charge in [0, 0.05) is 60.3 Å². The molecule has 1 saturated heterocycles. The number of aromatic nitrogens is 3. The highest BCUT2D eigenvalue weighted by Gasteiger charge is 2.14. The van der Waals surface area contributed by atoms with Crippen LogP contribution in [0, 0.1) is 0 Å². The number of benzene rings is 2. The van der Waals surface area contributed by atoms with E-state index in [2.05, 4.69) is 72.8 Å². The number of ether oxygens (including phenoxy) is 1. The number of likely N-dealkylation sites (N-methyl/N-ethyl adjacent to an activating group) is 1.